The number of benzene rings is 1. The van der Waals surface area contributed by atoms with E-state index in [9.17, 15) is 13.2 Å². The summed E-state index contributed by atoms with van der Waals surface area (Å²) in [5, 5.41) is 7.88. The highest BCUT2D eigenvalue weighted by atomic mass is 35.5. The third-order valence-electron chi connectivity index (χ3n) is 2.34. The molecule has 1 aromatic carbocycles. The molecule has 0 aliphatic carbocycles. The molecule has 0 radical (unpaired) electrons. The summed E-state index contributed by atoms with van der Waals surface area (Å²) in [5.74, 6) is -0.445. The minimum atomic E-state index is -3.87. The highest BCUT2D eigenvalue weighted by Gasteiger charge is 2.08. The predicted molar refractivity (Wildman–Crippen MR) is 80.4 cm³/mol. The zero-order valence-corrected chi connectivity index (χ0v) is 12.1. The smallest absolute Gasteiger partial charge is 0.296 e. The topological polar surface area (TPSA) is 114 Å². The second kappa shape index (κ2) is 6.08. The Kier molecular flexibility index (Phi) is 4.41. The van der Waals surface area contributed by atoms with Gasteiger partial charge in [0.2, 0.25) is 0 Å². The molecule has 7 nitrogen and oxygen atoms in total. The van der Waals surface area contributed by atoms with Gasteiger partial charge < -0.3 is 5.32 Å². The van der Waals surface area contributed by atoms with Crippen LogP contribution in [0.2, 0.25) is 5.02 Å². The molecule has 0 saturated carbocycles. The largest absolute Gasteiger partial charge is 0.321 e. The molecule has 2 aromatic rings. The van der Waals surface area contributed by atoms with Crippen LogP contribution in [0.1, 0.15) is 10.5 Å². The van der Waals surface area contributed by atoms with Crippen LogP contribution in [0.15, 0.2) is 42.6 Å². The SMILES string of the molecule is NS(=O)(=O)Nc1cccc(NC(=O)c2ccc(Cl)cn2)c1. The third-order valence-corrected chi connectivity index (χ3v) is 3.08. The van der Waals surface area contributed by atoms with Crippen LogP contribution in [0.4, 0.5) is 11.4 Å². The van der Waals surface area contributed by atoms with Gasteiger partial charge in [0.15, 0.2) is 0 Å². The number of carbonyl (C=O) groups excluding carboxylic acids is 1. The lowest BCUT2D eigenvalue weighted by atomic mass is 10.2. The summed E-state index contributed by atoms with van der Waals surface area (Å²) in [6, 6.07) is 9.12. The Balaban J connectivity index is 2.14. The van der Waals surface area contributed by atoms with Gasteiger partial charge in [0.1, 0.15) is 5.69 Å². The third kappa shape index (κ3) is 4.71. The van der Waals surface area contributed by atoms with Crippen LogP contribution in [-0.2, 0) is 10.2 Å². The van der Waals surface area contributed by atoms with Crippen molar-refractivity contribution in [3.8, 4) is 0 Å². The van der Waals surface area contributed by atoms with Gasteiger partial charge in [0, 0.05) is 11.9 Å². The number of hydrogen-bond acceptors (Lipinski definition) is 4. The second-order valence-corrected chi connectivity index (χ2v) is 5.77. The number of rotatable bonds is 4. The van der Waals surface area contributed by atoms with Crippen LogP contribution < -0.4 is 15.2 Å². The van der Waals surface area contributed by atoms with Crippen molar-refractivity contribution < 1.29 is 13.2 Å². The number of halogens is 1. The number of pyridine rings is 1. The van der Waals surface area contributed by atoms with Crippen LogP contribution in [0.25, 0.3) is 0 Å². The van der Waals surface area contributed by atoms with Gasteiger partial charge >= 0.3 is 0 Å². The first-order valence-corrected chi connectivity index (χ1v) is 7.59. The van der Waals surface area contributed by atoms with E-state index in [0.29, 0.717) is 10.7 Å². The number of anilines is 2. The molecule has 0 aliphatic heterocycles. The summed E-state index contributed by atoms with van der Waals surface area (Å²) in [5.41, 5.74) is 0.814. The van der Waals surface area contributed by atoms with Crippen molar-refractivity contribution in [1.29, 1.82) is 0 Å². The van der Waals surface area contributed by atoms with Crippen molar-refractivity contribution in [2.45, 2.75) is 0 Å². The van der Waals surface area contributed by atoms with Crippen molar-refractivity contribution in [1.82, 2.24) is 4.98 Å². The Morgan fingerprint density at radius 2 is 1.90 bits per heavy atom. The molecule has 0 spiro atoms. The molecule has 0 bridgehead atoms. The van der Waals surface area contributed by atoms with E-state index in [4.69, 9.17) is 16.7 Å². The lowest BCUT2D eigenvalue weighted by Gasteiger charge is -2.08. The van der Waals surface area contributed by atoms with E-state index >= 15 is 0 Å². The van der Waals surface area contributed by atoms with Gasteiger partial charge in [-0.1, -0.05) is 17.7 Å². The highest BCUT2D eigenvalue weighted by molar-refractivity contribution is 7.90. The average molecular weight is 327 g/mol. The number of nitrogens with two attached hydrogens (primary N) is 1. The number of carbonyl (C=O) groups is 1. The van der Waals surface area contributed by atoms with Crippen LogP contribution in [0, 0.1) is 0 Å². The first-order valence-electron chi connectivity index (χ1n) is 5.67. The average Bonchev–Trinajstić information content (AvgIpc) is 2.37. The molecule has 1 amide bonds. The minimum Gasteiger partial charge on any atom is -0.321 e. The maximum absolute atomic E-state index is 11.9. The number of nitrogens with one attached hydrogen (secondary N) is 2. The predicted octanol–water partition coefficient (Wildman–Crippen LogP) is 1.60. The zero-order chi connectivity index (χ0) is 15.5. The lowest BCUT2D eigenvalue weighted by Crippen LogP contribution is -2.21. The molecule has 2 rings (SSSR count). The second-order valence-electron chi connectivity index (χ2n) is 4.04. The number of amides is 1. The van der Waals surface area contributed by atoms with Crippen molar-refractivity contribution in [2.75, 3.05) is 10.0 Å². The first kappa shape index (κ1) is 15.2. The van der Waals surface area contributed by atoms with Crippen molar-refractivity contribution >= 4 is 39.1 Å². The van der Waals surface area contributed by atoms with Crippen molar-refractivity contribution in [3.05, 3.63) is 53.3 Å². The standard InChI is InChI=1S/C12H11ClN4O3S/c13-8-4-5-11(15-7-8)12(18)16-9-2-1-3-10(6-9)17-21(14,19)20/h1-7,17H,(H,16,18)(H2,14,19,20). The molecular weight excluding hydrogens is 316 g/mol. The molecule has 1 heterocycles. The fraction of sp³-hybridized carbons (Fsp3) is 0. The molecule has 1 aromatic heterocycles. The number of aromatic nitrogens is 1. The zero-order valence-electron chi connectivity index (χ0n) is 10.6. The highest BCUT2D eigenvalue weighted by Crippen LogP contribution is 2.16. The molecule has 0 aliphatic rings. The fourth-order valence-corrected chi connectivity index (χ4v) is 2.10. The molecule has 110 valence electrons. The molecule has 4 N–H and O–H groups in total. The summed E-state index contributed by atoms with van der Waals surface area (Å²) in [4.78, 5) is 15.8. The van der Waals surface area contributed by atoms with Gasteiger partial charge in [-0.2, -0.15) is 8.42 Å². The number of nitrogens with zero attached hydrogens (tertiary/aromatic N) is 1. The van der Waals surface area contributed by atoms with Gasteiger partial charge in [0.05, 0.1) is 10.7 Å². The Morgan fingerprint density at radius 1 is 1.19 bits per heavy atom. The summed E-state index contributed by atoms with van der Waals surface area (Å²) in [6.07, 6.45) is 1.36. The molecule has 0 fully saturated rings. The molecule has 0 saturated heterocycles. The quantitative estimate of drug-likeness (QED) is 0.791. The van der Waals surface area contributed by atoms with Gasteiger partial charge in [-0.3, -0.25) is 9.52 Å². The van der Waals surface area contributed by atoms with Crippen LogP contribution in [-0.4, -0.2) is 19.3 Å². The Labute approximate surface area is 126 Å². The Morgan fingerprint density at radius 3 is 2.52 bits per heavy atom. The van der Waals surface area contributed by atoms with E-state index in [0.717, 1.165) is 0 Å². The molecule has 9 heteroatoms. The molecule has 0 atom stereocenters. The van der Waals surface area contributed by atoms with Crippen LogP contribution >= 0.6 is 11.6 Å². The van der Waals surface area contributed by atoms with Crippen LogP contribution in [0.5, 0.6) is 0 Å². The minimum absolute atomic E-state index is 0.184. The Bertz CT molecular complexity index is 762. The van der Waals surface area contributed by atoms with E-state index in [1.54, 1.807) is 18.2 Å². The van der Waals surface area contributed by atoms with Gasteiger partial charge in [-0.15, -0.1) is 0 Å². The van der Waals surface area contributed by atoms with E-state index in [1.165, 1.54) is 24.4 Å². The van der Waals surface area contributed by atoms with Gasteiger partial charge in [0.25, 0.3) is 16.1 Å². The van der Waals surface area contributed by atoms with Gasteiger partial charge in [-0.05, 0) is 30.3 Å². The number of hydrogen-bond donors (Lipinski definition) is 3. The van der Waals surface area contributed by atoms with E-state index < -0.39 is 16.1 Å². The monoisotopic (exact) mass is 326 g/mol. The fourth-order valence-electron chi connectivity index (χ4n) is 1.53. The van der Waals surface area contributed by atoms with E-state index in [1.807, 2.05) is 0 Å². The summed E-state index contributed by atoms with van der Waals surface area (Å²) >= 11 is 5.69. The van der Waals surface area contributed by atoms with Crippen molar-refractivity contribution in [2.24, 2.45) is 5.14 Å². The van der Waals surface area contributed by atoms with Crippen LogP contribution in [0.3, 0.4) is 0 Å². The summed E-state index contributed by atoms with van der Waals surface area (Å²) < 4.78 is 24.0. The van der Waals surface area contributed by atoms with Crippen molar-refractivity contribution in [3.63, 3.8) is 0 Å². The molecule has 21 heavy (non-hydrogen) atoms. The maximum atomic E-state index is 11.9. The summed E-state index contributed by atoms with van der Waals surface area (Å²) in [6.45, 7) is 0. The lowest BCUT2D eigenvalue weighted by molar-refractivity contribution is 0.102. The van der Waals surface area contributed by atoms with E-state index in [-0.39, 0.29) is 11.4 Å². The molecular formula is C12H11ClN4O3S. The summed E-state index contributed by atoms with van der Waals surface area (Å²) in [7, 11) is -3.87. The van der Waals surface area contributed by atoms with E-state index in [2.05, 4.69) is 15.0 Å². The molecule has 0 unspecified atom stereocenters. The van der Waals surface area contributed by atoms with Gasteiger partial charge in [-0.25, -0.2) is 10.1 Å². The first-order chi connectivity index (χ1) is 9.83. The normalized spacial score (nSPS) is 11.0. The Hall–Kier alpha value is -2.16. The maximum Gasteiger partial charge on any atom is 0.296 e.